The predicted octanol–water partition coefficient (Wildman–Crippen LogP) is 4.91. The minimum atomic E-state index is -0.178. The molecular formula is C13H10Br2ClN. The topological polar surface area (TPSA) is 26.0 Å². The van der Waals surface area contributed by atoms with Crippen molar-refractivity contribution in [2.75, 3.05) is 0 Å². The van der Waals surface area contributed by atoms with Crippen LogP contribution in [0.3, 0.4) is 0 Å². The zero-order chi connectivity index (χ0) is 12.4. The van der Waals surface area contributed by atoms with Crippen molar-refractivity contribution in [1.29, 1.82) is 0 Å². The Labute approximate surface area is 122 Å². The summed E-state index contributed by atoms with van der Waals surface area (Å²) in [7, 11) is 0. The number of benzene rings is 2. The molecule has 2 rings (SSSR count). The molecule has 2 N–H and O–H groups in total. The maximum absolute atomic E-state index is 6.22. The average molecular weight is 375 g/mol. The van der Waals surface area contributed by atoms with Crippen molar-refractivity contribution in [3.05, 3.63) is 67.6 Å². The lowest BCUT2D eigenvalue weighted by Crippen LogP contribution is -2.11. The summed E-state index contributed by atoms with van der Waals surface area (Å²) in [5, 5.41) is 0.701. The smallest absolute Gasteiger partial charge is 0.0552 e. The quantitative estimate of drug-likeness (QED) is 0.793. The number of hydrogen-bond donors (Lipinski definition) is 1. The van der Waals surface area contributed by atoms with Crippen molar-refractivity contribution >= 4 is 43.5 Å². The summed E-state index contributed by atoms with van der Waals surface area (Å²) < 4.78 is 2.00. The van der Waals surface area contributed by atoms with E-state index < -0.39 is 0 Å². The zero-order valence-electron chi connectivity index (χ0n) is 8.83. The highest BCUT2D eigenvalue weighted by molar-refractivity contribution is 9.11. The Hall–Kier alpha value is -0.350. The van der Waals surface area contributed by atoms with E-state index in [0.29, 0.717) is 5.02 Å². The Bertz CT molecular complexity index is 522. The van der Waals surface area contributed by atoms with Gasteiger partial charge in [0.25, 0.3) is 0 Å². The summed E-state index contributed by atoms with van der Waals surface area (Å²) >= 11 is 12.9. The van der Waals surface area contributed by atoms with Gasteiger partial charge >= 0.3 is 0 Å². The lowest BCUT2D eigenvalue weighted by atomic mass is 10.00. The molecule has 0 aromatic heterocycles. The van der Waals surface area contributed by atoms with E-state index in [-0.39, 0.29) is 6.04 Å². The zero-order valence-corrected chi connectivity index (χ0v) is 12.8. The van der Waals surface area contributed by atoms with Gasteiger partial charge < -0.3 is 5.73 Å². The van der Waals surface area contributed by atoms with E-state index in [1.54, 1.807) is 0 Å². The summed E-state index contributed by atoms with van der Waals surface area (Å²) in [6.45, 7) is 0. The number of hydrogen-bond acceptors (Lipinski definition) is 1. The predicted molar refractivity (Wildman–Crippen MR) is 79.3 cm³/mol. The van der Waals surface area contributed by atoms with Gasteiger partial charge in [0.15, 0.2) is 0 Å². The van der Waals surface area contributed by atoms with Crippen LogP contribution >= 0.6 is 43.5 Å². The number of halogens is 3. The summed E-state index contributed by atoms with van der Waals surface area (Å²) in [6, 6.07) is 13.4. The highest BCUT2D eigenvalue weighted by Crippen LogP contribution is 2.27. The Balaban J connectivity index is 2.39. The standard InChI is InChI=1S/C13H10Br2ClN/c14-10-4-9(5-11(15)7-10)13(17)8-2-1-3-12(16)6-8/h1-7,13H,17H2. The van der Waals surface area contributed by atoms with Gasteiger partial charge in [-0.05, 0) is 41.5 Å². The third kappa shape index (κ3) is 3.32. The number of nitrogens with two attached hydrogens (primary N) is 1. The first-order valence-electron chi connectivity index (χ1n) is 5.03. The van der Waals surface area contributed by atoms with Crippen molar-refractivity contribution in [1.82, 2.24) is 0 Å². The second kappa shape index (κ2) is 5.53. The van der Waals surface area contributed by atoms with Crippen molar-refractivity contribution in [3.63, 3.8) is 0 Å². The largest absolute Gasteiger partial charge is 0.320 e. The van der Waals surface area contributed by atoms with Crippen LogP contribution in [0.25, 0.3) is 0 Å². The normalized spacial score (nSPS) is 12.5. The van der Waals surface area contributed by atoms with Crippen LogP contribution in [0.4, 0.5) is 0 Å². The first-order chi connectivity index (χ1) is 8.06. The van der Waals surface area contributed by atoms with Gasteiger partial charge in [-0.15, -0.1) is 0 Å². The van der Waals surface area contributed by atoms with Gasteiger partial charge in [-0.3, -0.25) is 0 Å². The molecule has 0 spiro atoms. The van der Waals surface area contributed by atoms with E-state index in [1.165, 1.54) is 0 Å². The molecular weight excluding hydrogens is 365 g/mol. The van der Waals surface area contributed by atoms with Crippen molar-refractivity contribution in [2.45, 2.75) is 6.04 Å². The molecule has 1 nitrogen and oxygen atoms in total. The van der Waals surface area contributed by atoms with E-state index in [2.05, 4.69) is 31.9 Å². The number of rotatable bonds is 2. The van der Waals surface area contributed by atoms with Crippen molar-refractivity contribution in [2.24, 2.45) is 5.73 Å². The van der Waals surface area contributed by atoms with Crippen LogP contribution in [0.15, 0.2) is 51.4 Å². The van der Waals surface area contributed by atoms with E-state index in [9.17, 15) is 0 Å². The van der Waals surface area contributed by atoms with Gasteiger partial charge in [0.1, 0.15) is 0 Å². The van der Waals surface area contributed by atoms with Crippen LogP contribution in [0.5, 0.6) is 0 Å². The highest BCUT2D eigenvalue weighted by atomic mass is 79.9. The minimum Gasteiger partial charge on any atom is -0.320 e. The minimum absolute atomic E-state index is 0.178. The first kappa shape index (κ1) is 13.1. The maximum atomic E-state index is 6.22. The second-order valence-electron chi connectivity index (χ2n) is 3.74. The molecule has 2 aromatic carbocycles. The average Bonchev–Trinajstić information content (AvgIpc) is 2.26. The Morgan fingerprint density at radius 3 is 2.18 bits per heavy atom. The fraction of sp³-hybridized carbons (Fsp3) is 0.0769. The highest BCUT2D eigenvalue weighted by Gasteiger charge is 2.10. The summed E-state index contributed by atoms with van der Waals surface area (Å²) in [4.78, 5) is 0. The molecule has 0 fully saturated rings. The van der Waals surface area contributed by atoms with Crippen molar-refractivity contribution < 1.29 is 0 Å². The second-order valence-corrected chi connectivity index (χ2v) is 6.00. The van der Waals surface area contributed by atoms with Gasteiger partial charge in [0.2, 0.25) is 0 Å². The third-order valence-electron chi connectivity index (χ3n) is 2.45. The molecule has 0 saturated heterocycles. The van der Waals surface area contributed by atoms with E-state index in [1.807, 2.05) is 42.5 Å². The lowest BCUT2D eigenvalue weighted by molar-refractivity contribution is 0.869. The fourth-order valence-electron chi connectivity index (χ4n) is 1.65. The van der Waals surface area contributed by atoms with Gasteiger partial charge in [-0.1, -0.05) is 55.6 Å². The molecule has 88 valence electrons. The summed E-state index contributed by atoms with van der Waals surface area (Å²) in [5.74, 6) is 0. The molecule has 2 aromatic rings. The molecule has 0 heterocycles. The van der Waals surface area contributed by atoms with Crippen LogP contribution in [-0.4, -0.2) is 0 Å². The first-order valence-corrected chi connectivity index (χ1v) is 7.00. The Kier molecular flexibility index (Phi) is 4.26. The van der Waals surface area contributed by atoms with E-state index in [4.69, 9.17) is 17.3 Å². The molecule has 0 bridgehead atoms. The molecule has 0 aliphatic rings. The monoisotopic (exact) mass is 373 g/mol. The van der Waals surface area contributed by atoms with Gasteiger partial charge in [0, 0.05) is 14.0 Å². The van der Waals surface area contributed by atoms with Crippen molar-refractivity contribution in [3.8, 4) is 0 Å². The molecule has 4 heteroatoms. The maximum Gasteiger partial charge on any atom is 0.0552 e. The molecule has 0 aliphatic heterocycles. The molecule has 1 atom stereocenters. The van der Waals surface area contributed by atoms with Gasteiger partial charge in [0.05, 0.1) is 6.04 Å². The van der Waals surface area contributed by atoms with Crippen LogP contribution in [-0.2, 0) is 0 Å². The van der Waals surface area contributed by atoms with Crippen LogP contribution in [0.1, 0.15) is 17.2 Å². The van der Waals surface area contributed by atoms with E-state index >= 15 is 0 Å². The Morgan fingerprint density at radius 1 is 0.941 bits per heavy atom. The molecule has 1 unspecified atom stereocenters. The van der Waals surface area contributed by atoms with E-state index in [0.717, 1.165) is 20.1 Å². The molecule has 0 saturated carbocycles. The molecule has 0 radical (unpaired) electrons. The lowest BCUT2D eigenvalue weighted by Gasteiger charge is -2.13. The van der Waals surface area contributed by atoms with Crippen LogP contribution in [0.2, 0.25) is 5.02 Å². The van der Waals surface area contributed by atoms with Gasteiger partial charge in [-0.2, -0.15) is 0 Å². The SMILES string of the molecule is NC(c1cccc(Cl)c1)c1cc(Br)cc(Br)c1. The molecule has 0 amide bonds. The molecule has 0 aliphatic carbocycles. The van der Waals surface area contributed by atoms with Crippen LogP contribution in [0, 0.1) is 0 Å². The Morgan fingerprint density at radius 2 is 1.59 bits per heavy atom. The fourth-order valence-corrected chi connectivity index (χ4v) is 3.18. The van der Waals surface area contributed by atoms with Crippen LogP contribution < -0.4 is 5.73 Å². The molecule has 17 heavy (non-hydrogen) atoms. The third-order valence-corrected chi connectivity index (χ3v) is 3.60. The van der Waals surface area contributed by atoms with Gasteiger partial charge in [-0.25, -0.2) is 0 Å². The summed E-state index contributed by atoms with van der Waals surface area (Å²) in [5.41, 5.74) is 8.26. The summed E-state index contributed by atoms with van der Waals surface area (Å²) in [6.07, 6.45) is 0.